The smallest absolute Gasteiger partial charge is 0.123 e. The third-order valence-corrected chi connectivity index (χ3v) is 3.73. The van der Waals surface area contributed by atoms with Crippen molar-refractivity contribution in [2.24, 2.45) is 0 Å². The van der Waals surface area contributed by atoms with E-state index in [0.717, 1.165) is 11.1 Å². The van der Waals surface area contributed by atoms with Crippen molar-refractivity contribution < 1.29 is 9.13 Å². The molecule has 0 unspecified atom stereocenters. The summed E-state index contributed by atoms with van der Waals surface area (Å²) >= 11 is 0. The van der Waals surface area contributed by atoms with Crippen LogP contribution < -0.4 is 10.1 Å². The molecule has 2 atom stereocenters. The number of nitrogens with one attached hydrogen (secondary N) is 1. The van der Waals surface area contributed by atoms with Crippen molar-refractivity contribution >= 4 is 0 Å². The van der Waals surface area contributed by atoms with Gasteiger partial charge >= 0.3 is 0 Å². The zero-order valence-corrected chi connectivity index (χ0v) is 12.9. The second kappa shape index (κ2) is 6.72. The van der Waals surface area contributed by atoms with Crippen LogP contribution in [0.15, 0.2) is 30.6 Å². The van der Waals surface area contributed by atoms with E-state index >= 15 is 0 Å². The van der Waals surface area contributed by atoms with E-state index in [1.165, 1.54) is 12.1 Å². The first kappa shape index (κ1) is 15.5. The number of aromatic nitrogens is 2. The molecule has 1 heterocycles. The summed E-state index contributed by atoms with van der Waals surface area (Å²) in [5.74, 6) is 0.440. The van der Waals surface area contributed by atoms with Gasteiger partial charge in [0.15, 0.2) is 0 Å². The summed E-state index contributed by atoms with van der Waals surface area (Å²) < 4.78 is 20.5. The molecule has 1 N–H and O–H groups in total. The zero-order chi connectivity index (χ0) is 15.4. The molecular weight excluding hydrogens is 269 g/mol. The first-order valence-electron chi connectivity index (χ1n) is 7.08. The third-order valence-electron chi connectivity index (χ3n) is 3.73. The second-order valence-electron chi connectivity index (χ2n) is 5.36. The van der Waals surface area contributed by atoms with Crippen molar-refractivity contribution in [3.05, 3.63) is 47.5 Å². The molecule has 2 aromatic rings. The van der Waals surface area contributed by atoms with Gasteiger partial charge in [0.25, 0.3) is 0 Å². The SMILES string of the molecule is COc1ccc(F)cc1CN[C@H](C)[C@@H](C)n1cc(C)cn1. The minimum absolute atomic E-state index is 0.192. The lowest BCUT2D eigenvalue weighted by molar-refractivity contribution is 0.359. The van der Waals surface area contributed by atoms with Crippen LogP contribution in [-0.4, -0.2) is 22.9 Å². The van der Waals surface area contributed by atoms with Gasteiger partial charge < -0.3 is 10.1 Å². The normalized spacial score (nSPS) is 14.0. The Balaban J connectivity index is 2.00. The molecule has 0 saturated heterocycles. The molecule has 0 fully saturated rings. The number of benzene rings is 1. The van der Waals surface area contributed by atoms with Crippen LogP contribution in [0.25, 0.3) is 0 Å². The summed E-state index contributed by atoms with van der Waals surface area (Å²) in [7, 11) is 1.59. The predicted octanol–water partition coefficient (Wildman–Crippen LogP) is 3.08. The largest absolute Gasteiger partial charge is 0.496 e. The van der Waals surface area contributed by atoms with Crippen LogP contribution >= 0.6 is 0 Å². The van der Waals surface area contributed by atoms with Crippen LogP contribution in [-0.2, 0) is 6.54 Å². The first-order chi connectivity index (χ1) is 10.0. The fourth-order valence-electron chi connectivity index (χ4n) is 2.21. The summed E-state index contributed by atoms with van der Waals surface area (Å²) in [6.45, 7) is 6.76. The number of aryl methyl sites for hydroxylation is 1. The molecule has 4 nitrogen and oxygen atoms in total. The summed E-state index contributed by atoms with van der Waals surface area (Å²) in [5.41, 5.74) is 1.95. The van der Waals surface area contributed by atoms with Gasteiger partial charge in [0, 0.05) is 24.3 Å². The van der Waals surface area contributed by atoms with Crippen molar-refractivity contribution in [3.63, 3.8) is 0 Å². The van der Waals surface area contributed by atoms with Gasteiger partial charge in [0.1, 0.15) is 11.6 Å². The molecule has 0 radical (unpaired) electrons. The minimum atomic E-state index is -0.254. The molecule has 0 saturated carbocycles. The Kier molecular flexibility index (Phi) is 4.96. The highest BCUT2D eigenvalue weighted by atomic mass is 19.1. The summed E-state index contributed by atoms with van der Waals surface area (Å²) in [6.07, 6.45) is 3.87. The van der Waals surface area contributed by atoms with Gasteiger partial charge in [0.2, 0.25) is 0 Å². The first-order valence-corrected chi connectivity index (χ1v) is 7.08. The van der Waals surface area contributed by atoms with Gasteiger partial charge in [-0.05, 0) is 44.5 Å². The topological polar surface area (TPSA) is 39.1 Å². The molecule has 5 heteroatoms. The lowest BCUT2D eigenvalue weighted by Crippen LogP contribution is -2.33. The molecule has 0 amide bonds. The number of ether oxygens (including phenoxy) is 1. The third kappa shape index (κ3) is 3.82. The lowest BCUT2D eigenvalue weighted by Gasteiger charge is -2.22. The fourth-order valence-corrected chi connectivity index (χ4v) is 2.21. The van der Waals surface area contributed by atoms with Gasteiger partial charge in [-0.25, -0.2) is 4.39 Å². The van der Waals surface area contributed by atoms with Crippen molar-refractivity contribution in [2.45, 2.75) is 39.4 Å². The quantitative estimate of drug-likeness (QED) is 0.889. The number of methoxy groups -OCH3 is 1. The van der Waals surface area contributed by atoms with Crippen LogP contribution in [0.4, 0.5) is 4.39 Å². The van der Waals surface area contributed by atoms with E-state index in [2.05, 4.69) is 24.3 Å². The molecule has 2 rings (SSSR count). The zero-order valence-electron chi connectivity index (χ0n) is 12.9. The molecule has 1 aromatic heterocycles. The fraction of sp³-hybridized carbons (Fsp3) is 0.438. The van der Waals surface area contributed by atoms with Crippen molar-refractivity contribution in [2.75, 3.05) is 7.11 Å². The number of rotatable bonds is 6. The highest BCUT2D eigenvalue weighted by molar-refractivity contribution is 5.33. The van der Waals surface area contributed by atoms with Crippen LogP contribution in [0.3, 0.4) is 0 Å². The molecule has 0 bridgehead atoms. The average Bonchev–Trinajstić information content (AvgIpc) is 2.90. The summed E-state index contributed by atoms with van der Waals surface area (Å²) in [4.78, 5) is 0. The van der Waals surface area contributed by atoms with E-state index in [-0.39, 0.29) is 17.9 Å². The number of hydrogen-bond acceptors (Lipinski definition) is 3. The van der Waals surface area contributed by atoms with Crippen molar-refractivity contribution in [3.8, 4) is 5.75 Å². The van der Waals surface area contributed by atoms with Gasteiger partial charge in [-0.3, -0.25) is 4.68 Å². The molecule has 21 heavy (non-hydrogen) atoms. The summed E-state index contributed by atoms with van der Waals surface area (Å²) in [5, 5.41) is 7.73. The molecular formula is C16H22FN3O. The molecule has 0 spiro atoms. The van der Waals surface area contributed by atoms with E-state index in [1.807, 2.05) is 24.0 Å². The Labute approximate surface area is 124 Å². The Morgan fingerprint density at radius 2 is 2.14 bits per heavy atom. The Morgan fingerprint density at radius 1 is 1.38 bits per heavy atom. The minimum Gasteiger partial charge on any atom is -0.496 e. The average molecular weight is 291 g/mol. The van der Waals surface area contributed by atoms with Crippen LogP contribution in [0.5, 0.6) is 5.75 Å². The van der Waals surface area contributed by atoms with Crippen LogP contribution in [0.2, 0.25) is 0 Å². The van der Waals surface area contributed by atoms with Gasteiger partial charge in [-0.1, -0.05) is 0 Å². The maximum absolute atomic E-state index is 13.3. The maximum atomic E-state index is 13.3. The standard InChI is InChI=1S/C16H22FN3O/c1-11-8-19-20(10-11)13(3)12(2)18-9-14-7-15(17)5-6-16(14)21-4/h5-8,10,12-13,18H,9H2,1-4H3/t12-,13-/m1/s1. The van der Waals surface area contributed by atoms with Crippen LogP contribution in [0.1, 0.15) is 31.0 Å². The molecule has 1 aromatic carbocycles. The van der Waals surface area contributed by atoms with E-state index in [4.69, 9.17) is 4.74 Å². The van der Waals surface area contributed by atoms with Gasteiger partial charge in [-0.2, -0.15) is 5.10 Å². The van der Waals surface area contributed by atoms with E-state index in [9.17, 15) is 4.39 Å². The predicted molar refractivity (Wildman–Crippen MR) is 80.9 cm³/mol. The molecule has 0 aliphatic rings. The number of nitrogens with zero attached hydrogens (tertiary/aromatic N) is 2. The Bertz CT molecular complexity index is 597. The highest BCUT2D eigenvalue weighted by Gasteiger charge is 2.15. The Morgan fingerprint density at radius 3 is 2.76 bits per heavy atom. The highest BCUT2D eigenvalue weighted by Crippen LogP contribution is 2.20. The molecule has 114 valence electrons. The molecule has 0 aliphatic carbocycles. The molecule has 0 aliphatic heterocycles. The van der Waals surface area contributed by atoms with E-state index in [0.29, 0.717) is 12.3 Å². The second-order valence-corrected chi connectivity index (χ2v) is 5.36. The van der Waals surface area contributed by atoms with Gasteiger partial charge in [-0.15, -0.1) is 0 Å². The van der Waals surface area contributed by atoms with Crippen molar-refractivity contribution in [1.29, 1.82) is 0 Å². The summed E-state index contributed by atoms with van der Waals surface area (Å²) in [6, 6.07) is 4.95. The lowest BCUT2D eigenvalue weighted by atomic mass is 10.1. The monoisotopic (exact) mass is 291 g/mol. The van der Waals surface area contributed by atoms with E-state index in [1.54, 1.807) is 13.2 Å². The van der Waals surface area contributed by atoms with E-state index < -0.39 is 0 Å². The van der Waals surface area contributed by atoms with Gasteiger partial charge in [0.05, 0.1) is 19.3 Å². The number of hydrogen-bond donors (Lipinski definition) is 1. The van der Waals surface area contributed by atoms with Crippen molar-refractivity contribution in [1.82, 2.24) is 15.1 Å². The number of halogens is 1. The Hall–Kier alpha value is -1.88. The maximum Gasteiger partial charge on any atom is 0.123 e. The van der Waals surface area contributed by atoms with Crippen LogP contribution in [0, 0.1) is 12.7 Å².